The Bertz CT molecular complexity index is 336. The fourth-order valence-corrected chi connectivity index (χ4v) is 1.70. The van der Waals surface area contributed by atoms with Gasteiger partial charge in [-0.15, -0.1) is 11.8 Å². The van der Waals surface area contributed by atoms with Gasteiger partial charge in [0.1, 0.15) is 5.69 Å². The van der Waals surface area contributed by atoms with Crippen molar-refractivity contribution in [2.45, 2.75) is 4.90 Å². The van der Waals surface area contributed by atoms with E-state index in [0.29, 0.717) is 10.6 Å². The third-order valence-corrected chi connectivity index (χ3v) is 2.28. The van der Waals surface area contributed by atoms with Crippen molar-refractivity contribution in [1.29, 1.82) is 0 Å². The summed E-state index contributed by atoms with van der Waals surface area (Å²) in [7, 11) is 3.52. The second kappa shape index (κ2) is 2.70. The third-order valence-electron chi connectivity index (χ3n) is 1.49. The lowest BCUT2D eigenvalue weighted by molar-refractivity contribution is 1.03. The quantitative estimate of drug-likeness (QED) is 0.466. The van der Waals surface area contributed by atoms with Crippen LogP contribution >= 0.6 is 11.8 Å². The minimum atomic E-state index is -0.362. The summed E-state index contributed by atoms with van der Waals surface area (Å²) < 4.78 is 0. The first-order valence-corrected chi connectivity index (χ1v) is 4.36. The van der Waals surface area contributed by atoms with Gasteiger partial charge in [-0.2, -0.15) is 0 Å². The molecule has 60 valence electrons. The van der Waals surface area contributed by atoms with E-state index in [0.717, 1.165) is 0 Å². The van der Waals surface area contributed by atoms with Crippen molar-refractivity contribution in [2.75, 3.05) is 25.3 Å². The van der Waals surface area contributed by atoms with E-state index in [1.54, 1.807) is 25.3 Å². The average Bonchev–Trinajstić information content (AvgIpc) is 1.96. The molecule has 0 N–H and O–H groups in total. The summed E-state index contributed by atoms with van der Waals surface area (Å²) in [5.74, 6) is 0. The minimum Gasteiger partial charge on any atom is -0.373 e. The molecule has 1 aromatic rings. The van der Waals surface area contributed by atoms with Crippen LogP contribution in [0.3, 0.4) is 0 Å². The maximum atomic E-state index is 10.9. The number of thioether (sulfide) groups is 1. The van der Waals surface area contributed by atoms with Crippen molar-refractivity contribution in [3.63, 3.8) is 0 Å². The molecule has 0 heterocycles. The maximum Gasteiger partial charge on any atom is 0.251 e. The van der Waals surface area contributed by atoms with Crippen LogP contribution in [0.15, 0.2) is 14.5 Å². The molecule has 0 aliphatic heterocycles. The highest BCUT2D eigenvalue weighted by Gasteiger charge is 2.20. The highest BCUT2D eigenvalue weighted by atomic mass is 32.2. The SMILES string of the molecule is CSc1c(N(C)C)c(=O)c1=O. The van der Waals surface area contributed by atoms with Crippen molar-refractivity contribution < 1.29 is 0 Å². The van der Waals surface area contributed by atoms with Crippen LogP contribution in [0.1, 0.15) is 0 Å². The molecule has 0 spiro atoms. The normalized spacial score (nSPS) is 10.5. The van der Waals surface area contributed by atoms with Gasteiger partial charge in [-0.1, -0.05) is 0 Å². The largest absolute Gasteiger partial charge is 0.373 e. The van der Waals surface area contributed by atoms with Gasteiger partial charge in [0.15, 0.2) is 0 Å². The molecule has 4 heteroatoms. The van der Waals surface area contributed by atoms with Crippen molar-refractivity contribution in [2.24, 2.45) is 0 Å². The lowest BCUT2D eigenvalue weighted by Gasteiger charge is -2.16. The molecule has 0 aliphatic rings. The second-order valence-electron chi connectivity index (χ2n) is 2.43. The molecule has 0 fully saturated rings. The van der Waals surface area contributed by atoms with Gasteiger partial charge in [0.2, 0.25) is 5.43 Å². The first-order chi connectivity index (χ1) is 5.09. The summed E-state index contributed by atoms with van der Waals surface area (Å²) >= 11 is 1.33. The molecular weight excluding hydrogens is 162 g/mol. The summed E-state index contributed by atoms with van der Waals surface area (Å²) in [5.41, 5.74) is -0.164. The molecule has 3 nitrogen and oxygen atoms in total. The number of rotatable bonds is 2. The van der Waals surface area contributed by atoms with Crippen LogP contribution in [-0.4, -0.2) is 20.4 Å². The van der Waals surface area contributed by atoms with Crippen LogP contribution in [-0.2, 0) is 0 Å². The van der Waals surface area contributed by atoms with Gasteiger partial charge in [-0.25, -0.2) is 0 Å². The predicted octanol–water partition coefficient (Wildman–Crippen LogP) is 0.0705. The number of anilines is 1. The van der Waals surface area contributed by atoms with E-state index in [1.807, 2.05) is 0 Å². The average molecular weight is 171 g/mol. The van der Waals surface area contributed by atoms with Gasteiger partial charge in [-0.05, 0) is 6.26 Å². The Morgan fingerprint density at radius 2 is 1.73 bits per heavy atom. The molecule has 0 radical (unpaired) electrons. The zero-order valence-electron chi connectivity index (χ0n) is 6.67. The van der Waals surface area contributed by atoms with Gasteiger partial charge in [0.25, 0.3) is 5.43 Å². The van der Waals surface area contributed by atoms with E-state index in [2.05, 4.69) is 0 Å². The van der Waals surface area contributed by atoms with E-state index < -0.39 is 0 Å². The molecule has 1 aromatic carbocycles. The molecule has 0 saturated heterocycles. The summed E-state index contributed by atoms with van der Waals surface area (Å²) in [6.07, 6.45) is 1.79. The zero-order chi connectivity index (χ0) is 8.59. The van der Waals surface area contributed by atoms with Crippen LogP contribution < -0.4 is 15.8 Å². The molecule has 1 rings (SSSR count). The van der Waals surface area contributed by atoms with Crippen LogP contribution in [0, 0.1) is 0 Å². The Balaban J connectivity index is 3.19. The van der Waals surface area contributed by atoms with E-state index in [1.165, 1.54) is 11.8 Å². The fraction of sp³-hybridized carbons (Fsp3) is 0.429. The molecule has 0 atom stereocenters. The Morgan fingerprint density at radius 3 is 2.00 bits per heavy atom. The van der Waals surface area contributed by atoms with E-state index in [4.69, 9.17) is 0 Å². The Kier molecular flexibility index (Phi) is 2.04. The van der Waals surface area contributed by atoms with Gasteiger partial charge in [-0.3, -0.25) is 9.59 Å². The van der Waals surface area contributed by atoms with Gasteiger partial charge >= 0.3 is 0 Å². The van der Waals surface area contributed by atoms with Crippen molar-refractivity contribution in [3.05, 3.63) is 20.4 Å². The third kappa shape index (κ3) is 1.07. The standard InChI is InChI=1S/C7H9NO2S/c1-8(2)4-5(9)6(10)7(4)11-3/h1-3H3. The molecule has 0 bridgehead atoms. The van der Waals surface area contributed by atoms with E-state index in [-0.39, 0.29) is 10.9 Å². The molecule has 0 amide bonds. The van der Waals surface area contributed by atoms with Crippen molar-refractivity contribution in [1.82, 2.24) is 0 Å². The topological polar surface area (TPSA) is 37.4 Å². The molecule has 0 unspecified atom stereocenters. The van der Waals surface area contributed by atoms with Crippen LogP contribution in [0.25, 0.3) is 0 Å². The molecule has 11 heavy (non-hydrogen) atoms. The smallest absolute Gasteiger partial charge is 0.251 e. The monoisotopic (exact) mass is 171 g/mol. The first kappa shape index (κ1) is 8.33. The van der Waals surface area contributed by atoms with Crippen molar-refractivity contribution >= 4 is 17.4 Å². The zero-order valence-corrected chi connectivity index (χ0v) is 7.49. The fourth-order valence-electron chi connectivity index (χ4n) is 0.954. The second-order valence-corrected chi connectivity index (χ2v) is 3.25. The van der Waals surface area contributed by atoms with Gasteiger partial charge in [0.05, 0.1) is 4.90 Å². The van der Waals surface area contributed by atoms with Crippen molar-refractivity contribution in [3.8, 4) is 0 Å². The van der Waals surface area contributed by atoms with Crippen LogP contribution in [0.2, 0.25) is 0 Å². The lowest BCUT2D eigenvalue weighted by Crippen LogP contribution is -2.38. The molecular formula is C7H9NO2S. The molecule has 0 saturated carbocycles. The Labute approximate surface area is 68.7 Å². The Morgan fingerprint density at radius 1 is 1.18 bits per heavy atom. The Hall–Kier alpha value is -0.770. The molecule has 0 aliphatic carbocycles. The minimum absolute atomic E-state index is 0.346. The summed E-state index contributed by atoms with van der Waals surface area (Å²) in [6.45, 7) is 0. The molecule has 0 aromatic heterocycles. The van der Waals surface area contributed by atoms with Gasteiger partial charge in [0, 0.05) is 14.1 Å². The first-order valence-electron chi connectivity index (χ1n) is 3.14. The van der Waals surface area contributed by atoms with E-state index in [9.17, 15) is 9.59 Å². The predicted molar refractivity (Wildman–Crippen MR) is 47.5 cm³/mol. The summed E-state index contributed by atoms with van der Waals surface area (Å²) in [6, 6.07) is 0. The maximum absolute atomic E-state index is 10.9. The lowest BCUT2D eigenvalue weighted by atomic mass is 10.2. The van der Waals surface area contributed by atoms with Gasteiger partial charge < -0.3 is 4.90 Å². The van der Waals surface area contributed by atoms with Crippen LogP contribution in [0.4, 0.5) is 5.69 Å². The summed E-state index contributed by atoms with van der Waals surface area (Å²) in [5, 5.41) is 0. The highest BCUT2D eigenvalue weighted by Crippen LogP contribution is 2.20. The number of hydrogen-bond acceptors (Lipinski definition) is 4. The number of nitrogens with zero attached hydrogens (tertiary/aromatic N) is 1. The summed E-state index contributed by atoms with van der Waals surface area (Å²) in [4.78, 5) is 24.0. The van der Waals surface area contributed by atoms with Crippen LogP contribution in [0.5, 0.6) is 0 Å². The highest BCUT2D eigenvalue weighted by molar-refractivity contribution is 7.98. The van der Waals surface area contributed by atoms with E-state index >= 15 is 0 Å². The number of hydrogen-bond donors (Lipinski definition) is 0.